The Bertz CT molecular complexity index is 137. The van der Waals surface area contributed by atoms with Gasteiger partial charge >= 0.3 is 0 Å². The molecule has 1 rings (SSSR count). The summed E-state index contributed by atoms with van der Waals surface area (Å²) in [6.07, 6.45) is 9.16. The highest BCUT2D eigenvalue weighted by atomic mass is 14.3. The van der Waals surface area contributed by atoms with Crippen molar-refractivity contribution < 1.29 is 0 Å². The summed E-state index contributed by atoms with van der Waals surface area (Å²) in [6.45, 7) is 8.61. The summed E-state index contributed by atoms with van der Waals surface area (Å²) in [5.41, 5.74) is 0. The van der Waals surface area contributed by atoms with E-state index in [1.165, 1.54) is 32.1 Å². The SMILES string of the molecule is C=CC1CCCC(CC)C1CC. The van der Waals surface area contributed by atoms with E-state index >= 15 is 0 Å². The monoisotopic (exact) mass is 166 g/mol. The molecular formula is C12H22. The van der Waals surface area contributed by atoms with Crippen molar-refractivity contribution in [2.75, 3.05) is 0 Å². The van der Waals surface area contributed by atoms with Crippen molar-refractivity contribution in [2.45, 2.75) is 46.0 Å². The van der Waals surface area contributed by atoms with Crippen molar-refractivity contribution >= 4 is 0 Å². The topological polar surface area (TPSA) is 0 Å². The highest BCUT2D eigenvalue weighted by molar-refractivity contribution is 4.90. The molecule has 70 valence electrons. The highest BCUT2D eigenvalue weighted by Crippen LogP contribution is 2.38. The number of hydrogen-bond donors (Lipinski definition) is 0. The van der Waals surface area contributed by atoms with E-state index < -0.39 is 0 Å². The second-order valence-electron chi connectivity index (χ2n) is 4.07. The van der Waals surface area contributed by atoms with Gasteiger partial charge in [-0.2, -0.15) is 0 Å². The number of allylic oxidation sites excluding steroid dienone is 1. The first-order chi connectivity index (χ1) is 5.83. The lowest BCUT2D eigenvalue weighted by Crippen LogP contribution is -2.26. The van der Waals surface area contributed by atoms with E-state index in [4.69, 9.17) is 0 Å². The molecule has 0 spiro atoms. The summed E-state index contributed by atoms with van der Waals surface area (Å²) < 4.78 is 0. The van der Waals surface area contributed by atoms with Gasteiger partial charge in [0, 0.05) is 0 Å². The lowest BCUT2D eigenvalue weighted by Gasteiger charge is -2.35. The molecule has 0 saturated heterocycles. The maximum atomic E-state index is 3.95. The van der Waals surface area contributed by atoms with Crippen LogP contribution in [0.5, 0.6) is 0 Å². The summed E-state index contributed by atoms with van der Waals surface area (Å²) in [4.78, 5) is 0. The second-order valence-corrected chi connectivity index (χ2v) is 4.07. The third-order valence-electron chi connectivity index (χ3n) is 3.57. The standard InChI is InChI=1S/C12H22/c1-4-10-8-7-9-11(5-2)12(10)6-3/h4,10-12H,1,5-9H2,2-3H3. The number of rotatable bonds is 3. The molecule has 3 atom stereocenters. The van der Waals surface area contributed by atoms with E-state index in [2.05, 4.69) is 26.5 Å². The van der Waals surface area contributed by atoms with Gasteiger partial charge in [-0.25, -0.2) is 0 Å². The van der Waals surface area contributed by atoms with Crippen molar-refractivity contribution in [1.29, 1.82) is 0 Å². The van der Waals surface area contributed by atoms with Crippen molar-refractivity contribution in [1.82, 2.24) is 0 Å². The van der Waals surface area contributed by atoms with Crippen LogP contribution in [0.25, 0.3) is 0 Å². The predicted molar refractivity (Wildman–Crippen MR) is 55.1 cm³/mol. The molecule has 1 aliphatic rings. The molecule has 0 radical (unpaired) electrons. The average molecular weight is 166 g/mol. The van der Waals surface area contributed by atoms with Gasteiger partial charge in [0.1, 0.15) is 0 Å². The summed E-state index contributed by atoms with van der Waals surface area (Å²) in [5.74, 6) is 2.72. The first-order valence-electron chi connectivity index (χ1n) is 5.46. The molecule has 0 aromatic heterocycles. The van der Waals surface area contributed by atoms with Crippen LogP contribution in [-0.4, -0.2) is 0 Å². The van der Waals surface area contributed by atoms with Crippen LogP contribution < -0.4 is 0 Å². The van der Waals surface area contributed by atoms with E-state index in [1.54, 1.807) is 0 Å². The Morgan fingerprint density at radius 2 is 2.00 bits per heavy atom. The third kappa shape index (κ3) is 1.91. The Hall–Kier alpha value is -0.260. The summed E-state index contributed by atoms with van der Waals surface area (Å²) >= 11 is 0. The van der Waals surface area contributed by atoms with Crippen LogP contribution in [0, 0.1) is 17.8 Å². The van der Waals surface area contributed by atoms with Crippen LogP contribution in [0.1, 0.15) is 46.0 Å². The zero-order valence-electron chi connectivity index (χ0n) is 8.55. The van der Waals surface area contributed by atoms with Crippen LogP contribution in [0.2, 0.25) is 0 Å². The quantitative estimate of drug-likeness (QED) is 0.555. The molecule has 3 unspecified atom stereocenters. The minimum absolute atomic E-state index is 0.814. The van der Waals surface area contributed by atoms with E-state index in [0.717, 1.165) is 17.8 Å². The molecule has 0 bridgehead atoms. The number of hydrogen-bond acceptors (Lipinski definition) is 0. The van der Waals surface area contributed by atoms with Gasteiger partial charge in [0.15, 0.2) is 0 Å². The smallest absolute Gasteiger partial charge is 0.0205 e. The van der Waals surface area contributed by atoms with E-state index in [9.17, 15) is 0 Å². The van der Waals surface area contributed by atoms with Gasteiger partial charge in [0.2, 0.25) is 0 Å². The normalized spacial score (nSPS) is 36.3. The highest BCUT2D eigenvalue weighted by Gasteiger charge is 2.28. The lowest BCUT2D eigenvalue weighted by molar-refractivity contribution is 0.174. The minimum Gasteiger partial charge on any atom is -0.103 e. The molecular weight excluding hydrogens is 144 g/mol. The van der Waals surface area contributed by atoms with Gasteiger partial charge in [-0.15, -0.1) is 6.58 Å². The largest absolute Gasteiger partial charge is 0.103 e. The fraction of sp³-hybridized carbons (Fsp3) is 0.833. The first kappa shape index (κ1) is 9.83. The molecule has 0 aromatic rings. The van der Waals surface area contributed by atoms with Gasteiger partial charge in [-0.3, -0.25) is 0 Å². The van der Waals surface area contributed by atoms with Crippen LogP contribution >= 0.6 is 0 Å². The Balaban J connectivity index is 2.58. The van der Waals surface area contributed by atoms with Gasteiger partial charge in [-0.1, -0.05) is 45.6 Å². The maximum absolute atomic E-state index is 3.95. The Labute approximate surface area is 77.1 Å². The molecule has 12 heavy (non-hydrogen) atoms. The molecule has 0 nitrogen and oxygen atoms in total. The van der Waals surface area contributed by atoms with Gasteiger partial charge < -0.3 is 0 Å². The average Bonchev–Trinajstić information content (AvgIpc) is 2.16. The summed E-state index contributed by atoms with van der Waals surface area (Å²) in [5, 5.41) is 0. The molecule has 0 heteroatoms. The first-order valence-corrected chi connectivity index (χ1v) is 5.46. The van der Waals surface area contributed by atoms with Crippen LogP contribution in [-0.2, 0) is 0 Å². The van der Waals surface area contributed by atoms with Crippen molar-refractivity contribution in [3.8, 4) is 0 Å². The molecule has 1 fully saturated rings. The third-order valence-corrected chi connectivity index (χ3v) is 3.57. The summed E-state index contributed by atoms with van der Waals surface area (Å²) in [7, 11) is 0. The Kier molecular flexibility index (Phi) is 3.84. The minimum atomic E-state index is 0.814. The van der Waals surface area contributed by atoms with E-state index in [-0.39, 0.29) is 0 Å². The Morgan fingerprint density at radius 1 is 1.25 bits per heavy atom. The molecule has 0 amide bonds. The van der Waals surface area contributed by atoms with E-state index in [1.807, 2.05) is 0 Å². The van der Waals surface area contributed by atoms with Crippen molar-refractivity contribution in [3.63, 3.8) is 0 Å². The molecule has 0 heterocycles. The zero-order chi connectivity index (χ0) is 8.97. The zero-order valence-corrected chi connectivity index (χ0v) is 8.55. The summed E-state index contributed by atoms with van der Waals surface area (Å²) in [6, 6.07) is 0. The maximum Gasteiger partial charge on any atom is -0.0205 e. The predicted octanol–water partition coefficient (Wildman–Crippen LogP) is 4.02. The van der Waals surface area contributed by atoms with Gasteiger partial charge in [0.05, 0.1) is 0 Å². The van der Waals surface area contributed by atoms with Crippen LogP contribution in [0.4, 0.5) is 0 Å². The van der Waals surface area contributed by atoms with Gasteiger partial charge in [-0.05, 0) is 24.2 Å². The van der Waals surface area contributed by atoms with Crippen molar-refractivity contribution in [3.05, 3.63) is 12.7 Å². The molecule has 0 N–H and O–H groups in total. The van der Waals surface area contributed by atoms with Crippen molar-refractivity contribution in [2.24, 2.45) is 17.8 Å². The molecule has 0 aromatic carbocycles. The second kappa shape index (κ2) is 4.69. The molecule has 0 aliphatic heterocycles. The fourth-order valence-corrected chi connectivity index (χ4v) is 2.83. The van der Waals surface area contributed by atoms with E-state index in [0.29, 0.717) is 0 Å². The Morgan fingerprint density at radius 3 is 2.50 bits per heavy atom. The molecule has 1 aliphatic carbocycles. The van der Waals surface area contributed by atoms with Crippen LogP contribution in [0.15, 0.2) is 12.7 Å². The van der Waals surface area contributed by atoms with Crippen LogP contribution in [0.3, 0.4) is 0 Å². The van der Waals surface area contributed by atoms with Gasteiger partial charge in [0.25, 0.3) is 0 Å². The lowest BCUT2D eigenvalue weighted by atomic mass is 9.70. The fourth-order valence-electron chi connectivity index (χ4n) is 2.83. The molecule has 1 saturated carbocycles.